The third-order valence-electron chi connectivity index (χ3n) is 5.44. The average Bonchev–Trinajstić information content (AvgIpc) is 3.19. The number of aryl methyl sites for hydroxylation is 1. The first-order valence-electron chi connectivity index (χ1n) is 11.1. The summed E-state index contributed by atoms with van der Waals surface area (Å²) in [7, 11) is 0. The number of imide groups is 1. The third kappa shape index (κ3) is 6.65. The zero-order valence-electron chi connectivity index (χ0n) is 19.2. The van der Waals surface area contributed by atoms with E-state index >= 15 is 0 Å². The SMILES string of the molecule is Cc1cc(O[C@H](CC=CCOCc2ccccc2)C(=O)N2C(=O)OC[C@@H]2C(C)C)ccc1F. The summed E-state index contributed by atoms with van der Waals surface area (Å²) in [4.78, 5) is 26.7. The molecule has 0 N–H and O–H groups in total. The quantitative estimate of drug-likeness (QED) is 0.371. The Morgan fingerprint density at radius 2 is 1.97 bits per heavy atom. The van der Waals surface area contributed by atoms with E-state index in [1.807, 2.05) is 50.3 Å². The fourth-order valence-electron chi connectivity index (χ4n) is 3.50. The summed E-state index contributed by atoms with van der Waals surface area (Å²) in [6, 6.07) is 13.8. The average molecular weight is 456 g/mol. The van der Waals surface area contributed by atoms with Crippen LogP contribution in [0.25, 0.3) is 0 Å². The molecule has 2 atom stereocenters. The maximum atomic E-state index is 13.7. The predicted molar refractivity (Wildman–Crippen MR) is 122 cm³/mol. The summed E-state index contributed by atoms with van der Waals surface area (Å²) in [5.41, 5.74) is 1.48. The van der Waals surface area contributed by atoms with Crippen LogP contribution in [0.1, 0.15) is 31.4 Å². The second kappa shape index (κ2) is 11.6. The Kier molecular flexibility index (Phi) is 8.60. The van der Waals surface area contributed by atoms with E-state index in [2.05, 4.69) is 0 Å². The summed E-state index contributed by atoms with van der Waals surface area (Å²) in [5.74, 6) is -0.442. The molecular weight excluding hydrogens is 425 g/mol. The van der Waals surface area contributed by atoms with Crippen LogP contribution < -0.4 is 4.74 Å². The number of hydrogen-bond acceptors (Lipinski definition) is 5. The molecule has 176 valence electrons. The molecule has 1 heterocycles. The highest BCUT2D eigenvalue weighted by Crippen LogP contribution is 2.24. The van der Waals surface area contributed by atoms with Crippen molar-refractivity contribution in [2.75, 3.05) is 13.2 Å². The number of cyclic esters (lactones) is 1. The van der Waals surface area contributed by atoms with E-state index in [1.54, 1.807) is 13.0 Å². The lowest BCUT2D eigenvalue weighted by atomic mass is 10.0. The summed E-state index contributed by atoms with van der Waals surface area (Å²) < 4.78 is 30.3. The first kappa shape index (κ1) is 24.5. The monoisotopic (exact) mass is 455 g/mol. The molecule has 0 aliphatic carbocycles. The van der Waals surface area contributed by atoms with Gasteiger partial charge < -0.3 is 14.2 Å². The van der Waals surface area contributed by atoms with E-state index in [0.29, 0.717) is 24.5 Å². The van der Waals surface area contributed by atoms with Crippen LogP contribution in [0.3, 0.4) is 0 Å². The smallest absolute Gasteiger partial charge is 0.417 e. The van der Waals surface area contributed by atoms with Crippen molar-refractivity contribution >= 4 is 12.0 Å². The van der Waals surface area contributed by atoms with E-state index in [0.717, 1.165) is 10.5 Å². The topological polar surface area (TPSA) is 65.1 Å². The third-order valence-corrected chi connectivity index (χ3v) is 5.44. The Balaban J connectivity index is 1.67. The molecule has 0 unspecified atom stereocenters. The molecule has 0 spiro atoms. The number of carbonyl (C=O) groups excluding carboxylic acids is 2. The first-order chi connectivity index (χ1) is 15.9. The van der Waals surface area contributed by atoms with Crippen LogP contribution in [0.2, 0.25) is 0 Å². The van der Waals surface area contributed by atoms with Crippen LogP contribution in [0.15, 0.2) is 60.7 Å². The largest absolute Gasteiger partial charge is 0.480 e. The van der Waals surface area contributed by atoms with Gasteiger partial charge in [0.15, 0.2) is 6.10 Å². The Morgan fingerprint density at radius 1 is 1.21 bits per heavy atom. The van der Waals surface area contributed by atoms with Crippen molar-refractivity contribution in [3.05, 3.63) is 77.6 Å². The Morgan fingerprint density at radius 3 is 2.67 bits per heavy atom. The number of amides is 2. The lowest BCUT2D eigenvalue weighted by Crippen LogP contribution is -2.48. The molecule has 6 nitrogen and oxygen atoms in total. The molecule has 2 aromatic rings. The highest BCUT2D eigenvalue weighted by molar-refractivity contribution is 5.96. The fraction of sp³-hybridized carbons (Fsp3) is 0.385. The molecule has 33 heavy (non-hydrogen) atoms. The van der Waals surface area contributed by atoms with Crippen molar-refractivity contribution in [1.29, 1.82) is 0 Å². The van der Waals surface area contributed by atoms with Gasteiger partial charge in [-0.1, -0.05) is 56.3 Å². The van der Waals surface area contributed by atoms with Crippen LogP contribution in [0.5, 0.6) is 5.75 Å². The molecule has 0 radical (unpaired) electrons. The zero-order valence-corrected chi connectivity index (χ0v) is 19.2. The molecule has 0 aromatic heterocycles. The number of hydrogen-bond donors (Lipinski definition) is 0. The van der Waals surface area contributed by atoms with Crippen molar-refractivity contribution in [3.63, 3.8) is 0 Å². The molecule has 0 saturated carbocycles. The number of ether oxygens (including phenoxy) is 3. The van der Waals surface area contributed by atoms with Crippen LogP contribution in [0.4, 0.5) is 9.18 Å². The van der Waals surface area contributed by atoms with E-state index in [9.17, 15) is 14.0 Å². The lowest BCUT2D eigenvalue weighted by Gasteiger charge is -2.26. The Labute approximate surface area is 193 Å². The Bertz CT molecular complexity index is 976. The minimum Gasteiger partial charge on any atom is -0.480 e. The van der Waals surface area contributed by atoms with Gasteiger partial charge >= 0.3 is 6.09 Å². The zero-order chi connectivity index (χ0) is 23.8. The van der Waals surface area contributed by atoms with Crippen molar-refractivity contribution in [2.45, 2.75) is 45.9 Å². The maximum absolute atomic E-state index is 13.7. The fourth-order valence-corrected chi connectivity index (χ4v) is 3.50. The normalized spacial score (nSPS) is 16.9. The molecule has 1 saturated heterocycles. The molecule has 1 fully saturated rings. The van der Waals surface area contributed by atoms with E-state index in [1.165, 1.54) is 18.2 Å². The molecule has 3 rings (SSSR count). The van der Waals surface area contributed by atoms with Gasteiger partial charge in [0.05, 0.1) is 19.3 Å². The van der Waals surface area contributed by atoms with E-state index < -0.39 is 18.1 Å². The molecule has 0 bridgehead atoms. The van der Waals surface area contributed by atoms with Gasteiger partial charge in [-0.2, -0.15) is 0 Å². The summed E-state index contributed by atoms with van der Waals surface area (Å²) in [6.07, 6.45) is 2.18. The van der Waals surface area contributed by atoms with Gasteiger partial charge in [-0.3, -0.25) is 4.79 Å². The van der Waals surface area contributed by atoms with Gasteiger partial charge in [0, 0.05) is 6.42 Å². The number of carbonyl (C=O) groups is 2. The van der Waals surface area contributed by atoms with Crippen molar-refractivity contribution in [3.8, 4) is 5.75 Å². The Hall–Kier alpha value is -3.19. The number of benzene rings is 2. The van der Waals surface area contributed by atoms with Crippen LogP contribution in [-0.4, -0.2) is 42.3 Å². The molecule has 2 amide bonds. The summed E-state index contributed by atoms with van der Waals surface area (Å²) >= 11 is 0. The number of halogens is 1. The van der Waals surface area contributed by atoms with Crippen molar-refractivity contribution in [2.24, 2.45) is 5.92 Å². The van der Waals surface area contributed by atoms with Gasteiger partial charge in [0.2, 0.25) is 0 Å². The summed E-state index contributed by atoms with van der Waals surface area (Å²) in [5, 5.41) is 0. The predicted octanol–water partition coefficient (Wildman–Crippen LogP) is 5.05. The second-order valence-corrected chi connectivity index (χ2v) is 8.32. The number of rotatable bonds is 10. The van der Waals surface area contributed by atoms with Gasteiger partial charge in [0.25, 0.3) is 5.91 Å². The van der Waals surface area contributed by atoms with Crippen LogP contribution in [-0.2, 0) is 20.9 Å². The first-order valence-corrected chi connectivity index (χ1v) is 11.1. The molecule has 1 aliphatic rings. The van der Waals surface area contributed by atoms with Crippen molar-refractivity contribution < 1.29 is 28.2 Å². The standard InChI is InChI=1S/C26H30FNO5/c1-18(2)23-17-32-26(30)28(23)25(29)24(33-21-12-13-22(27)19(3)15-21)11-7-8-14-31-16-20-9-5-4-6-10-20/h4-10,12-13,15,18,23-24H,11,14,16-17H2,1-3H3/t23-,24-/m1/s1. The lowest BCUT2D eigenvalue weighted by molar-refractivity contribution is -0.137. The van der Waals surface area contributed by atoms with Gasteiger partial charge in [0.1, 0.15) is 18.2 Å². The van der Waals surface area contributed by atoms with Gasteiger partial charge in [-0.05, 0) is 42.2 Å². The van der Waals surface area contributed by atoms with E-state index in [-0.39, 0.29) is 30.8 Å². The molecule has 2 aromatic carbocycles. The second-order valence-electron chi connectivity index (χ2n) is 8.32. The molecular formula is C26H30FNO5. The van der Waals surface area contributed by atoms with E-state index in [4.69, 9.17) is 14.2 Å². The molecule has 1 aliphatic heterocycles. The molecule has 7 heteroatoms. The highest BCUT2D eigenvalue weighted by atomic mass is 19.1. The highest BCUT2D eigenvalue weighted by Gasteiger charge is 2.42. The van der Waals surface area contributed by atoms with Crippen molar-refractivity contribution in [1.82, 2.24) is 4.90 Å². The van der Waals surface area contributed by atoms with Crippen LogP contribution in [0, 0.1) is 18.7 Å². The van der Waals surface area contributed by atoms with Crippen LogP contribution >= 0.6 is 0 Å². The number of nitrogens with zero attached hydrogens (tertiary/aromatic N) is 1. The minimum atomic E-state index is -0.966. The van der Waals surface area contributed by atoms with Gasteiger partial charge in [-0.15, -0.1) is 0 Å². The maximum Gasteiger partial charge on any atom is 0.417 e. The summed E-state index contributed by atoms with van der Waals surface area (Å²) in [6.45, 7) is 6.48. The minimum absolute atomic E-state index is 0.0380. The van der Waals surface area contributed by atoms with Gasteiger partial charge in [-0.25, -0.2) is 14.1 Å².